The minimum absolute atomic E-state index is 0.103. The van der Waals surface area contributed by atoms with Gasteiger partial charge in [0.25, 0.3) is 5.91 Å². The molecular formula is C25H23NO2. The highest BCUT2D eigenvalue weighted by Crippen LogP contribution is 2.11. The summed E-state index contributed by atoms with van der Waals surface area (Å²) >= 11 is 0. The molecule has 1 amide bonds. The largest absolute Gasteiger partial charge is 0.377 e. The molecule has 1 N–H and O–H groups in total. The zero-order valence-electron chi connectivity index (χ0n) is 15.9. The van der Waals surface area contributed by atoms with E-state index < -0.39 is 0 Å². The fourth-order valence-electron chi connectivity index (χ4n) is 2.73. The van der Waals surface area contributed by atoms with Crippen LogP contribution in [-0.4, -0.2) is 12.5 Å². The van der Waals surface area contributed by atoms with Crippen molar-refractivity contribution >= 4 is 5.91 Å². The summed E-state index contributed by atoms with van der Waals surface area (Å²) in [6.45, 7) is 3.66. The molecule has 0 aliphatic rings. The molecule has 0 aliphatic heterocycles. The van der Waals surface area contributed by atoms with Crippen molar-refractivity contribution < 1.29 is 9.53 Å². The topological polar surface area (TPSA) is 38.3 Å². The lowest BCUT2D eigenvalue weighted by atomic mass is 10.1. The summed E-state index contributed by atoms with van der Waals surface area (Å²) in [5, 5.41) is 2.98. The fraction of sp³-hybridized carbons (Fsp3) is 0.160. The van der Waals surface area contributed by atoms with Crippen LogP contribution in [0.3, 0.4) is 0 Å². The maximum Gasteiger partial charge on any atom is 0.251 e. The van der Waals surface area contributed by atoms with Gasteiger partial charge in [-0.25, -0.2) is 0 Å². The van der Waals surface area contributed by atoms with Gasteiger partial charge in [0.2, 0.25) is 0 Å². The van der Waals surface area contributed by atoms with Gasteiger partial charge in [-0.15, -0.1) is 0 Å². The molecule has 0 radical (unpaired) electrons. The molecule has 0 atom stereocenters. The van der Waals surface area contributed by atoms with Crippen LogP contribution < -0.4 is 5.32 Å². The van der Waals surface area contributed by atoms with Crippen LogP contribution in [0.5, 0.6) is 0 Å². The Morgan fingerprint density at radius 2 is 1.43 bits per heavy atom. The number of ether oxygens (including phenoxy) is 1. The third-order valence-electron chi connectivity index (χ3n) is 4.29. The van der Waals surface area contributed by atoms with E-state index in [2.05, 4.69) is 17.2 Å². The van der Waals surface area contributed by atoms with Gasteiger partial charge < -0.3 is 10.1 Å². The summed E-state index contributed by atoms with van der Waals surface area (Å²) < 4.78 is 5.49. The molecule has 0 heterocycles. The molecule has 3 heteroatoms. The van der Waals surface area contributed by atoms with Crippen molar-refractivity contribution in [2.45, 2.75) is 20.1 Å². The van der Waals surface area contributed by atoms with Crippen LogP contribution in [0.2, 0.25) is 0 Å². The van der Waals surface area contributed by atoms with Crippen LogP contribution in [0.4, 0.5) is 0 Å². The van der Waals surface area contributed by atoms with E-state index in [4.69, 9.17) is 4.74 Å². The van der Waals surface area contributed by atoms with Gasteiger partial charge in [-0.3, -0.25) is 4.79 Å². The van der Waals surface area contributed by atoms with Gasteiger partial charge in [-0.2, -0.15) is 0 Å². The maximum atomic E-state index is 12.5. The smallest absolute Gasteiger partial charge is 0.251 e. The number of benzene rings is 3. The van der Waals surface area contributed by atoms with E-state index in [1.165, 1.54) is 0 Å². The highest BCUT2D eigenvalue weighted by atomic mass is 16.5. The molecule has 0 saturated carbocycles. The van der Waals surface area contributed by atoms with Crippen molar-refractivity contribution in [2.75, 3.05) is 6.61 Å². The van der Waals surface area contributed by atoms with Crippen LogP contribution >= 0.6 is 0 Å². The Balaban J connectivity index is 1.60. The normalized spacial score (nSPS) is 10.0. The molecule has 0 unspecified atom stereocenters. The zero-order valence-corrected chi connectivity index (χ0v) is 15.9. The van der Waals surface area contributed by atoms with Crippen LogP contribution in [0.1, 0.15) is 39.5 Å². The number of rotatable bonds is 6. The monoisotopic (exact) mass is 369 g/mol. The molecule has 28 heavy (non-hydrogen) atoms. The van der Waals surface area contributed by atoms with Gasteiger partial charge in [0.15, 0.2) is 0 Å². The standard InChI is InChI=1S/C25H23NO2/c1-2-28-19-24-11-7-6-10-23(24)18-26-25(27)22-16-14-21(15-17-22)13-12-20-8-4-3-5-9-20/h3-11,14-17H,2,18-19H2,1H3,(H,26,27). The lowest BCUT2D eigenvalue weighted by Gasteiger charge is -2.11. The third kappa shape index (κ3) is 5.57. The lowest BCUT2D eigenvalue weighted by molar-refractivity contribution is 0.0950. The summed E-state index contributed by atoms with van der Waals surface area (Å²) in [5.41, 5.74) is 4.62. The molecule has 0 fully saturated rings. The fourth-order valence-corrected chi connectivity index (χ4v) is 2.73. The molecule has 3 aromatic rings. The van der Waals surface area contributed by atoms with E-state index in [9.17, 15) is 4.79 Å². The van der Waals surface area contributed by atoms with E-state index in [0.717, 1.165) is 22.3 Å². The van der Waals surface area contributed by atoms with Gasteiger partial charge >= 0.3 is 0 Å². The summed E-state index contributed by atoms with van der Waals surface area (Å²) in [6, 6.07) is 25.2. The second kappa shape index (κ2) is 10.1. The predicted octanol–water partition coefficient (Wildman–Crippen LogP) is 4.55. The number of hydrogen-bond donors (Lipinski definition) is 1. The Bertz CT molecular complexity index is 967. The van der Waals surface area contributed by atoms with Crippen molar-refractivity contribution in [1.29, 1.82) is 0 Å². The Labute approximate surface area is 166 Å². The van der Waals surface area contributed by atoms with Gasteiger partial charge in [0.1, 0.15) is 0 Å². The lowest BCUT2D eigenvalue weighted by Crippen LogP contribution is -2.23. The highest BCUT2D eigenvalue weighted by molar-refractivity contribution is 5.94. The number of carbonyl (C=O) groups excluding carboxylic acids is 1. The SMILES string of the molecule is CCOCc1ccccc1CNC(=O)c1ccc(C#Cc2ccccc2)cc1. The predicted molar refractivity (Wildman–Crippen MR) is 112 cm³/mol. The van der Waals surface area contributed by atoms with Gasteiger partial charge in [0.05, 0.1) is 6.61 Å². The summed E-state index contributed by atoms with van der Waals surface area (Å²) in [6.07, 6.45) is 0. The Morgan fingerprint density at radius 1 is 0.821 bits per heavy atom. The highest BCUT2D eigenvalue weighted by Gasteiger charge is 2.07. The van der Waals surface area contributed by atoms with E-state index in [-0.39, 0.29) is 5.91 Å². The second-order valence-electron chi connectivity index (χ2n) is 6.28. The first-order chi connectivity index (χ1) is 13.8. The third-order valence-corrected chi connectivity index (χ3v) is 4.29. The molecule has 0 saturated heterocycles. The molecule has 0 aliphatic carbocycles. The molecule has 0 bridgehead atoms. The van der Waals surface area contributed by atoms with E-state index >= 15 is 0 Å². The van der Waals surface area contributed by atoms with Crippen molar-refractivity contribution in [3.05, 3.63) is 107 Å². The molecule has 3 aromatic carbocycles. The summed E-state index contributed by atoms with van der Waals surface area (Å²) in [7, 11) is 0. The van der Waals surface area contributed by atoms with E-state index in [0.29, 0.717) is 25.3 Å². The first kappa shape index (κ1) is 19.4. The van der Waals surface area contributed by atoms with Crippen molar-refractivity contribution in [3.63, 3.8) is 0 Å². The Morgan fingerprint density at radius 3 is 2.11 bits per heavy atom. The van der Waals surface area contributed by atoms with Crippen LogP contribution in [0, 0.1) is 11.8 Å². The number of carbonyl (C=O) groups is 1. The second-order valence-corrected chi connectivity index (χ2v) is 6.28. The average Bonchev–Trinajstić information content (AvgIpc) is 2.76. The molecule has 3 nitrogen and oxygen atoms in total. The van der Waals surface area contributed by atoms with Gasteiger partial charge in [-0.1, -0.05) is 54.3 Å². The van der Waals surface area contributed by atoms with E-state index in [1.54, 1.807) is 12.1 Å². The van der Waals surface area contributed by atoms with Crippen molar-refractivity contribution in [2.24, 2.45) is 0 Å². The Hall–Kier alpha value is -3.35. The Kier molecular flexibility index (Phi) is 7.01. The number of amides is 1. The number of hydrogen-bond acceptors (Lipinski definition) is 2. The molecule has 140 valence electrons. The van der Waals surface area contributed by atoms with Crippen molar-refractivity contribution in [3.8, 4) is 11.8 Å². The first-order valence-corrected chi connectivity index (χ1v) is 9.36. The average molecular weight is 369 g/mol. The minimum Gasteiger partial charge on any atom is -0.377 e. The molecule has 3 rings (SSSR count). The minimum atomic E-state index is -0.103. The van der Waals surface area contributed by atoms with Crippen LogP contribution in [0.15, 0.2) is 78.9 Å². The van der Waals surface area contributed by atoms with Crippen LogP contribution in [-0.2, 0) is 17.9 Å². The first-order valence-electron chi connectivity index (χ1n) is 9.36. The summed E-state index contributed by atoms with van der Waals surface area (Å²) in [4.78, 5) is 12.5. The van der Waals surface area contributed by atoms with Crippen molar-refractivity contribution in [1.82, 2.24) is 5.32 Å². The van der Waals surface area contributed by atoms with Crippen LogP contribution in [0.25, 0.3) is 0 Å². The maximum absolute atomic E-state index is 12.5. The number of nitrogens with one attached hydrogen (secondary N) is 1. The molecule has 0 aromatic heterocycles. The summed E-state index contributed by atoms with van der Waals surface area (Å²) in [5.74, 6) is 6.13. The molecular weight excluding hydrogens is 346 g/mol. The quantitative estimate of drug-likeness (QED) is 0.647. The zero-order chi connectivity index (χ0) is 19.6. The van der Waals surface area contributed by atoms with E-state index in [1.807, 2.05) is 73.7 Å². The van der Waals surface area contributed by atoms with Gasteiger partial charge in [0, 0.05) is 29.8 Å². The molecule has 0 spiro atoms. The van der Waals surface area contributed by atoms with Gasteiger partial charge in [-0.05, 0) is 54.4 Å².